The number of benzene rings is 1. The molecule has 0 amide bonds. The van der Waals surface area contributed by atoms with E-state index in [1.54, 1.807) is 6.07 Å². The average Bonchev–Trinajstić information content (AvgIpc) is 2.33. The normalized spacial score (nSPS) is 10.2. The number of non-ortho nitro benzene ring substituents is 1. The molecule has 0 aliphatic carbocycles. The van der Waals surface area contributed by atoms with Crippen LogP contribution in [0, 0.1) is 10.1 Å². The van der Waals surface area contributed by atoms with Crippen LogP contribution >= 0.6 is 23.2 Å². The van der Waals surface area contributed by atoms with E-state index < -0.39 is 4.92 Å². The van der Waals surface area contributed by atoms with E-state index in [9.17, 15) is 10.1 Å². The molecule has 0 fully saturated rings. The summed E-state index contributed by atoms with van der Waals surface area (Å²) in [6, 6.07) is 5.37. The summed E-state index contributed by atoms with van der Waals surface area (Å²) in [5.74, 6) is 0.282. The van der Waals surface area contributed by atoms with Crippen molar-refractivity contribution in [2.24, 2.45) is 0 Å². The highest BCUT2D eigenvalue weighted by atomic mass is 35.5. The maximum Gasteiger partial charge on any atom is 0.272 e. The van der Waals surface area contributed by atoms with Crippen molar-refractivity contribution in [3.05, 3.63) is 50.6 Å². The minimum atomic E-state index is -0.597. The van der Waals surface area contributed by atoms with E-state index in [2.05, 4.69) is 4.98 Å². The fraction of sp³-hybridized carbons (Fsp3) is 0. The van der Waals surface area contributed by atoms with E-state index in [0.29, 0.717) is 5.69 Å². The topological polar surface area (TPSA) is 91.3 Å². The summed E-state index contributed by atoms with van der Waals surface area (Å²) in [5.41, 5.74) is 5.81. The molecule has 1 aromatic carbocycles. The molecule has 0 aliphatic heterocycles. The monoisotopic (exact) mass is 299 g/mol. The highest BCUT2D eigenvalue weighted by molar-refractivity contribution is 6.37. The Balaban J connectivity index is 2.38. The molecule has 0 spiro atoms. The first-order chi connectivity index (χ1) is 8.97. The Hall–Kier alpha value is -2.05. The zero-order valence-corrected chi connectivity index (χ0v) is 10.9. The molecule has 6 nitrogen and oxygen atoms in total. The molecule has 0 unspecified atom stereocenters. The van der Waals surface area contributed by atoms with E-state index >= 15 is 0 Å². The molecule has 2 N–H and O–H groups in total. The van der Waals surface area contributed by atoms with Crippen molar-refractivity contribution >= 4 is 34.6 Å². The standard InChI is InChI=1S/C11H7Cl2N3O3/c12-8-4-7(16(17)18)5-9(13)11(8)19-10-3-6(14)1-2-15-10/h1-5H,(H2,14,15). The molecule has 0 saturated carbocycles. The molecule has 0 aliphatic rings. The van der Waals surface area contributed by atoms with Gasteiger partial charge in [0.1, 0.15) is 0 Å². The number of ether oxygens (including phenoxy) is 1. The van der Waals surface area contributed by atoms with Gasteiger partial charge >= 0.3 is 0 Å². The number of nitrogens with zero attached hydrogens (tertiary/aromatic N) is 2. The van der Waals surface area contributed by atoms with Crippen LogP contribution in [0.3, 0.4) is 0 Å². The summed E-state index contributed by atoms with van der Waals surface area (Å²) < 4.78 is 5.38. The number of hydrogen-bond acceptors (Lipinski definition) is 5. The summed E-state index contributed by atoms with van der Waals surface area (Å²) in [7, 11) is 0. The molecule has 1 heterocycles. The predicted molar refractivity (Wildman–Crippen MR) is 71.8 cm³/mol. The van der Waals surface area contributed by atoms with Crippen molar-refractivity contribution in [3.8, 4) is 11.6 Å². The number of rotatable bonds is 3. The molecule has 8 heteroatoms. The minimum absolute atomic E-state index is 0.0171. The van der Waals surface area contributed by atoms with Gasteiger partial charge in [0, 0.05) is 30.1 Å². The lowest BCUT2D eigenvalue weighted by molar-refractivity contribution is -0.384. The van der Waals surface area contributed by atoms with Crippen molar-refractivity contribution in [3.63, 3.8) is 0 Å². The van der Waals surface area contributed by atoms with Crippen LogP contribution in [0.4, 0.5) is 11.4 Å². The Morgan fingerprint density at radius 3 is 2.42 bits per heavy atom. The Morgan fingerprint density at radius 2 is 1.89 bits per heavy atom. The second kappa shape index (κ2) is 5.29. The number of halogens is 2. The first-order valence-electron chi connectivity index (χ1n) is 5.00. The average molecular weight is 300 g/mol. The van der Waals surface area contributed by atoms with Gasteiger partial charge in [-0.15, -0.1) is 0 Å². The number of anilines is 1. The molecule has 19 heavy (non-hydrogen) atoms. The molecule has 2 aromatic rings. The van der Waals surface area contributed by atoms with Crippen LogP contribution in [-0.4, -0.2) is 9.91 Å². The van der Waals surface area contributed by atoms with Gasteiger partial charge in [0.05, 0.1) is 15.0 Å². The van der Waals surface area contributed by atoms with Crippen molar-refractivity contribution in [2.45, 2.75) is 0 Å². The lowest BCUT2D eigenvalue weighted by Gasteiger charge is -2.08. The van der Waals surface area contributed by atoms with Gasteiger partial charge in [-0.2, -0.15) is 0 Å². The third kappa shape index (κ3) is 3.04. The summed E-state index contributed by atoms with van der Waals surface area (Å²) >= 11 is 11.8. The van der Waals surface area contributed by atoms with Crippen LogP contribution < -0.4 is 10.5 Å². The maximum atomic E-state index is 10.6. The third-order valence-electron chi connectivity index (χ3n) is 2.16. The molecule has 0 saturated heterocycles. The number of nitrogens with two attached hydrogens (primary N) is 1. The van der Waals surface area contributed by atoms with Gasteiger partial charge in [-0.1, -0.05) is 23.2 Å². The Morgan fingerprint density at radius 1 is 1.26 bits per heavy atom. The van der Waals surface area contributed by atoms with Gasteiger partial charge in [0.15, 0.2) is 5.75 Å². The van der Waals surface area contributed by atoms with E-state index in [4.69, 9.17) is 33.7 Å². The number of nitro groups is 1. The van der Waals surface area contributed by atoms with Gasteiger partial charge in [0.25, 0.3) is 5.69 Å². The smallest absolute Gasteiger partial charge is 0.272 e. The lowest BCUT2D eigenvalue weighted by Crippen LogP contribution is -1.94. The number of hydrogen-bond donors (Lipinski definition) is 1. The van der Waals surface area contributed by atoms with Crippen LogP contribution in [0.15, 0.2) is 30.5 Å². The summed E-state index contributed by atoms with van der Waals surface area (Å²) in [6.07, 6.45) is 1.46. The van der Waals surface area contributed by atoms with Crippen LogP contribution in [0.25, 0.3) is 0 Å². The number of pyridine rings is 1. The van der Waals surface area contributed by atoms with Crippen LogP contribution in [0.1, 0.15) is 0 Å². The zero-order chi connectivity index (χ0) is 14.0. The lowest BCUT2D eigenvalue weighted by atomic mass is 10.3. The Labute approximate surface area is 117 Å². The van der Waals surface area contributed by atoms with Crippen molar-refractivity contribution in [2.75, 3.05) is 5.73 Å². The second-order valence-corrected chi connectivity index (χ2v) is 4.34. The van der Waals surface area contributed by atoms with Crippen molar-refractivity contribution in [1.82, 2.24) is 4.98 Å². The van der Waals surface area contributed by atoms with Crippen molar-refractivity contribution in [1.29, 1.82) is 0 Å². The summed E-state index contributed by atoms with van der Waals surface area (Å²) in [5, 5.41) is 10.7. The highest BCUT2D eigenvalue weighted by Gasteiger charge is 2.16. The minimum Gasteiger partial charge on any atom is -0.436 e. The van der Waals surface area contributed by atoms with Gasteiger partial charge in [-0.25, -0.2) is 4.98 Å². The second-order valence-electron chi connectivity index (χ2n) is 3.53. The van der Waals surface area contributed by atoms with Crippen LogP contribution in [-0.2, 0) is 0 Å². The van der Waals surface area contributed by atoms with E-state index in [0.717, 1.165) is 12.1 Å². The maximum absolute atomic E-state index is 10.6. The van der Waals surface area contributed by atoms with E-state index in [1.807, 2.05) is 0 Å². The molecule has 0 radical (unpaired) electrons. The van der Waals surface area contributed by atoms with Gasteiger partial charge in [0.2, 0.25) is 5.88 Å². The molecule has 2 rings (SSSR count). The fourth-order valence-corrected chi connectivity index (χ4v) is 1.89. The largest absolute Gasteiger partial charge is 0.436 e. The molecule has 0 bridgehead atoms. The number of nitro benzene ring substituents is 1. The summed E-state index contributed by atoms with van der Waals surface area (Å²) in [6.45, 7) is 0. The Kier molecular flexibility index (Phi) is 3.73. The third-order valence-corrected chi connectivity index (χ3v) is 2.72. The van der Waals surface area contributed by atoms with Crippen LogP contribution in [0.2, 0.25) is 10.0 Å². The molecule has 1 aromatic heterocycles. The van der Waals surface area contributed by atoms with Crippen LogP contribution in [0.5, 0.6) is 11.6 Å². The fourth-order valence-electron chi connectivity index (χ4n) is 1.33. The van der Waals surface area contributed by atoms with Gasteiger partial charge in [-0.3, -0.25) is 10.1 Å². The predicted octanol–water partition coefficient (Wildman–Crippen LogP) is 3.67. The van der Waals surface area contributed by atoms with Crippen molar-refractivity contribution < 1.29 is 9.66 Å². The Bertz CT molecular complexity index is 626. The first kappa shape index (κ1) is 13.4. The molecule has 0 atom stereocenters. The zero-order valence-electron chi connectivity index (χ0n) is 9.34. The van der Waals surface area contributed by atoms with Gasteiger partial charge in [-0.05, 0) is 6.07 Å². The van der Waals surface area contributed by atoms with E-state index in [1.165, 1.54) is 12.3 Å². The SMILES string of the molecule is Nc1ccnc(Oc2c(Cl)cc([N+](=O)[O-])cc2Cl)c1. The quantitative estimate of drug-likeness (QED) is 0.689. The molecular weight excluding hydrogens is 293 g/mol. The number of nitrogen functional groups attached to an aromatic ring is 1. The first-order valence-corrected chi connectivity index (χ1v) is 5.76. The highest BCUT2D eigenvalue weighted by Crippen LogP contribution is 2.39. The van der Waals surface area contributed by atoms with E-state index in [-0.39, 0.29) is 27.4 Å². The number of aromatic nitrogens is 1. The molecular formula is C11H7Cl2N3O3. The molecule has 98 valence electrons. The van der Waals surface area contributed by atoms with Gasteiger partial charge < -0.3 is 10.5 Å². The summed E-state index contributed by atoms with van der Waals surface area (Å²) in [4.78, 5) is 14.0.